The molecule has 108 valence electrons. The van der Waals surface area contributed by atoms with Crippen molar-refractivity contribution in [1.82, 2.24) is 9.97 Å². The number of aryl methyl sites for hydroxylation is 1. The van der Waals surface area contributed by atoms with Gasteiger partial charge in [-0.05, 0) is 50.5 Å². The van der Waals surface area contributed by atoms with Gasteiger partial charge in [0.2, 0.25) is 0 Å². The van der Waals surface area contributed by atoms with Gasteiger partial charge in [-0.15, -0.1) is 0 Å². The fourth-order valence-electron chi connectivity index (χ4n) is 2.44. The van der Waals surface area contributed by atoms with Gasteiger partial charge in [0.15, 0.2) is 0 Å². The van der Waals surface area contributed by atoms with E-state index in [-0.39, 0.29) is 5.82 Å². The van der Waals surface area contributed by atoms with Crippen molar-refractivity contribution in [2.45, 2.75) is 34.2 Å². The predicted molar refractivity (Wildman–Crippen MR) is 81.2 cm³/mol. The van der Waals surface area contributed by atoms with E-state index in [0.717, 1.165) is 22.8 Å². The first-order chi connectivity index (χ1) is 9.97. The minimum Gasteiger partial charge on any atom is -0.324 e. The van der Waals surface area contributed by atoms with Crippen LogP contribution in [-0.4, -0.2) is 15.8 Å². The molecular formula is C16H17FN4. The summed E-state index contributed by atoms with van der Waals surface area (Å²) in [5, 5.41) is 3.23. The first-order valence-electron chi connectivity index (χ1n) is 6.88. The van der Waals surface area contributed by atoms with Crippen LogP contribution in [0.15, 0.2) is 17.3 Å². The number of nitrogens with zero attached hydrogens (tertiary/aromatic N) is 3. The van der Waals surface area contributed by atoms with E-state index in [2.05, 4.69) is 34.1 Å². The maximum absolute atomic E-state index is 13.4. The molecule has 0 fully saturated rings. The van der Waals surface area contributed by atoms with Crippen molar-refractivity contribution >= 4 is 11.7 Å². The summed E-state index contributed by atoms with van der Waals surface area (Å²) in [4.78, 5) is 13.1. The highest BCUT2D eigenvalue weighted by Crippen LogP contribution is 2.24. The summed E-state index contributed by atoms with van der Waals surface area (Å²) in [5.74, 6) is 1.05. The van der Waals surface area contributed by atoms with Crippen molar-refractivity contribution in [3.63, 3.8) is 0 Å². The van der Waals surface area contributed by atoms with E-state index in [1.54, 1.807) is 0 Å². The summed E-state index contributed by atoms with van der Waals surface area (Å²) in [6, 6.07) is 1.46. The van der Waals surface area contributed by atoms with E-state index in [4.69, 9.17) is 0 Å². The molecule has 1 aliphatic rings. The molecule has 21 heavy (non-hydrogen) atoms. The standard InChI is InChI=1S/C16H17FN4/c1-8-9(2)11(4)20-15(10(8)3)21-16-13-5-12(17)6-18-14(13)7-19-16/h5-6H,7H2,1-4H3,(H,19,20,21). The lowest BCUT2D eigenvalue weighted by molar-refractivity contribution is 0.619. The van der Waals surface area contributed by atoms with Gasteiger partial charge in [0.05, 0.1) is 18.4 Å². The van der Waals surface area contributed by atoms with E-state index in [0.29, 0.717) is 17.9 Å². The van der Waals surface area contributed by atoms with Crippen LogP contribution in [0.4, 0.5) is 10.2 Å². The molecule has 0 radical (unpaired) electrons. The number of hydrogen-bond acceptors (Lipinski definition) is 4. The van der Waals surface area contributed by atoms with Crippen LogP contribution >= 0.6 is 0 Å². The smallest absolute Gasteiger partial charge is 0.142 e. The maximum Gasteiger partial charge on any atom is 0.142 e. The molecule has 3 rings (SSSR count). The van der Waals surface area contributed by atoms with Gasteiger partial charge in [-0.1, -0.05) is 0 Å². The Morgan fingerprint density at radius 1 is 1.10 bits per heavy atom. The molecule has 0 amide bonds. The summed E-state index contributed by atoms with van der Waals surface area (Å²) in [5.41, 5.74) is 5.97. The van der Waals surface area contributed by atoms with Crippen molar-refractivity contribution in [3.05, 3.63) is 51.7 Å². The number of halogens is 1. The first kappa shape index (κ1) is 13.7. The number of anilines is 1. The molecule has 1 N–H and O–H groups in total. The fourth-order valence-corrected chi connectivity index (χ4v) is 2.44. The first-order valence-corrected chi connectivity index (χ1v) is 6.88. The Bertz CT molecular complexity index is 765. The van der Waals surface area contributed by atoms with E-state index in [1.807, 2.05) is 13.8 Å². The van der Waals surface area contributed by atoms with Crippen molar-refractivity contribution in [1.29, 1.82) is 0 Å². The molecule has 5 heteroatoms. The number of rotatable bonds is 1. The molecule has 0 aromatic carbocycles. The Kier molecular flexibility index (Phi) is 3.20. The minimum atomic E-state index is -0.355. The molecule has 0 saturated heterocycles. The van der Waals surface area contributed by atoms with Crippen LogP contribution in [0.2, 0.25) is 0 Å². The molecule has 0 atom stereocenters. The molecule has 1 aliphatic heterocycles. The third kappa shape index (κ3) is 2.28. The summed E-state index contributed by atoms with van der Waals surface area (Å²) >= 11 is 0. The Labute approximate surface area is 123 Å². The number of amidine groups is 1. The second kappa shape index (κ2) is 4.91. The molecule has 0 bridgehead atoms. The van der Waals surface area contributed by atoms with E-state index >= 15 is 0 Å². The SMILES string of the molecule is Cc1nc(NC2=NCc3ncc(F)cc32)c(C)c(C)c1C. The Morgan fingerprint density at radius 3 is 2.62 bits per heavy atom. The zero-order valence-electron chi connectivity index (χ0n) is 12.6. The fraction of sp³-hybridized carbons (Fsp3) is 0.312. The third-order valence-electron chi connectivity index (χ3n) is 4.12. The van der Waals surface area contributed by atoms with Crippen molar-refractivity contribution < 1.29 is 4.39 Å². The quantitative estimate of drug-likeness (QED) is 0.874. The lowest BCUT2D eigenvalue weighted by atomic mass is 10.0. The van der Waals surface area contributed by atoms with Crippen LogP contribution < -0.4 is 5.32 Å². The zero-order chi connectivity index (χ0) is 15.1. The second-order valence-corrected chi connectivity index (χ2v) is 5.36. The highest BCUT2D eigenvalue weighted by atomic mass is 19.1. The summed E-state index contributed by atoms with van der Waals surface area (Å²) < 4.78 is 13.4. The number of hydrogen-bond donors (Lipinski definition) is 1. The average Bonchev–Trinajstić information content (AvgIpc) is 2.85. The molecule has 2 aromatic rings. The van der Waals surface area contributed by atoms with E-state index < -0.39 is 0 Å². The topological polar surface area (TPSA) is 50.2 Å². The molecule has 0 saturated carbocycles. The van der Waals surface area contributed by atoms with Gasteiger partial charge in [-0.2, -0.15) is 0 Å². The van der Waals surface area contributed by atoms with Crippen LogP contribution in [0.1, 0.15) is 33.6 Å². The normalized spacial score (nSPS) is 13.1. The number of fused-ring (bicyclic) bond motifs is 1. The Hall–Kier alpha value is -2.30. The Balaban J connectivity index is 1.99. The minimum absolute atomic E-state index is 0.355. The van der Waals surface area contributed by atoms with Crippen LogP contribution in [0.5, 0.6) is 0 Å². The molecule has 4 nitrogen and oxygen atoms in total. The van der Waals surface area contributed by atoms with Gasteiger partial charge in [0.1, 0.15) is 17.5 Å². The highest BCUT2D eigenvalue weighted by molar-refractivity contribution is 6.10. The van der Waals surface area contributed by atoms with Gasteiger partial charge in [0.25, 0.3) is 0 Å². The molecule has 0 aliphatic carbocycles. The summed E-state index contributed by atoms with van der Waals surface area (Å²) in [6.45, 7) is 8.63. The molecule has 0 spiro atoms. The Morgan fingerprint density at radius 2 is 1.86 bits per heavy atom. The predicted octanol–water partition coefficient (Wildman–Crippen LogP) is 3.22. The molecule has 0 unspecified atom stereocenters. The number of aromatic nitrogens is 2. The number of nitrogens with one attached hydrogen (secondary N) is 1. The van der Waals surface area contributed by atoms with Gasteiger partial charge < -0.3 is 5.32 Å². The van der Waals surface area contributed by atoms with Gasteiger partial charge in [0, 0.05) is 11.3 Å². The summed E-state index contributed by atoms with van der Waals surface area (Å²) in [7, 11) is 0. The van der Waals surface area contributed by atoms with Crippen LogP contribution in [0.3, 0.4) is 0 Å². The second-order valence-electron chi connectivity index (χ2n) is 5.36. The summed E-state index contributed by atoms with van der Waals surface area (Å²) in [6.07, 6.45) is 1.22. The van der Waals surface area contributed by atoms with Crippen LogP contribution in [0.25, 0.3) is 0 Å². The maximum atomic E-state index is 13.4. The zero-order valence-corrected chi connectivity index (χ0v) is 12.6. The van der Waals surface area contributed by atoms with Crippen molar-refractivity contribution in [3.8, 4) is 0 Å². The van der Waals surface area contributed by atoms with E-state index in [1.165, 1.54) is 23.4 Å². The van der Waals surface area contributed by atoms with Gasteiger partial charge in [-0.3, -0.25) is 9.98 Å². The van der Waals surface area contributed by atoms with Gasteiger partial charge >= 0.3 is 0 Å². The van der Waals surface area contributed by atoms with Crippen LogP contribution in [0, 0.1) is 33.5 Å². The lowest BCUT2D eigenvalue weighted by Crippen LogP contribution is -2.15. The number of pyridine rings is 2. The monoisotopic (exact) mass is 284 g/mol. The lowest BCUT2D eigenvalue weighted by Gasteiger charge is -2.15. The molecule has 2 aromatic heterocycles. The molecule has 3 heterocycles. The van der Waals surface area contributed by atoms with Gasteiger partial charge in [-0.25, -0.2) is 9.37 Å². The van der Waals surface area contributed by atoms with Crippen molar-refractivity contribution in [2.75, 3.05) is 5.32 Å². The van der Waals surface area contributed by atoms with E-state index in [9.17, 15) is 4.39 Å². The largest absolute Gasteiger partial charge is 0.324 e. The number of aliphatic imine (C=N–C) groups is 1. The molecular weight excluding hydrogens is 267 g/mol. The average molecular weight is 284 g/mol. The third-order valence-corrected chi connectivity index (χ3v) is 4.12. The van der Waals surface area contributed by atoms with Crippen LogP contribution in [-0.2, 0) is 6.54 Å². The van der Waals surface area contributed by atoms with Crippen molar-refractivity contribution in [2.24, 2.45) is 4.99 Å². The highest BCUT2D eigenvalue weighted by Gasteiger charge is 2.20.